The van der Waals surface area contributed by atoms with E-state index in [0.717, 1.165) is 33.4 Å². The molecule has 0 aliphatic carbocycles. The minimum Gasteiger partial charge on any atom is -0.462 e. The first-order valence-electron chi connectivity index (χ1n) is 10.3. The number of hydrogen-bond acceptors (Lipinski definition) is 4. The third-order valence-electron chi connectivity index (χ3n) is 5.17. The third-order valence-corrected chi connectivity index (χ3v) is 7.23. The molecule has 2 rings (SSSR count). The molecule has 5 heteroatoms. The molecule has 0 heterocycles. The predicted octanol–water partition coefficient (Wildman–Crippen LogP) is 6.12. The predicted molar refractivity (Wildman–Crippen MR) is 128 cm³/mol. The van der Waals surface area contributed by atoms with Gasteiger partial charge in [0, 0.05) is 30.8 Å². The van der Waals surface area contributed by atoms with Gasteiger partial charge in [0.1, 0.15) is 0 Å². The van der Waals surface area contributed by atoms with Crippen molar-refractivity contribution in [1.29, 1.82) is 0 Å². The van der Waals surface area contributed by atoms with Crippen LogP contribution in [-0.2, 0) is 9.53 Å². The summed E-state index contributed by atoms with van der Waals surface area (Å²) in [4.78, 5) is 39.1. The number of ether oxygens (including phenoxy) is 1. The van der Waals surface area contributed by atoms with Crippen LogP contribution in [0.2, 0.25) is 0 Å². The van der Waals surface area contributed by atoms with E-state index in [1.165, 1.54) is 0 Å². The van der Waals surface area contributed by atoms with E-state index in [4.69, 9.17) is 4.74 Å². The zero-order valence-electron chi connectivity index (χ0n) is 19.5. The largest absolute Gasteiger partial charge is 0.462 e. The van der Waals surface area contributed by atoms with Crippen LogP contribution < -0.4 is 0 Å². The average molecular weight is 439 g/mol. The summed E-state index contributed by atoms with van der Waals surface area (Å²) in [6, 6.07) is 7.84. The molecule has 0 fully saturated rings. The Kier molecular flexibility index (Phi) is 8.08. The van der Waals surface area contributed by atoms with Crippen molar-refractivity contribution in [2.45, 2.75) is 48.5 Å². The van der Waals surface area contributed by atoms with E-state index in [-0.39, 0.29) is 29.4 Å². The lowest BCUT2D eigenvalue weighted by atomic mass is 10.0. The van der Waals surface area contributed by atoms with Crippen molar-refractivity contribution >= 4 is 24.9 Å². The highest BCUT2D eigenvalue weighted by Gasteiger charge is 2.32. The Morgan fingerprint density at radius 1 is 0.774 bits per heavy atom. The first kappa shape index (κ1) is 24.7. The van der Waals surface area contributed by atoms with Crippen LogP contribution in [0, 0.1) is 41.5 Å². The van der Waals surface area contributed by atoms with Crippen LogP contribution in [0.5, 0.6) is 0 Å². The van der Waals surface area contributed by atoms with Crippen molar-refractivity contribution in [2.75, 3.05) is 12.8 Å². The summed E-state index contributed by atoms with van der Waals surface area (Å²) in [5, 5.41) is 0. The van der Waals surface area contributed by atoms with Crippen LogP contribution in [0.1, 0.15) is 61.0 Å². The number of rotatable bonds is 8. The molecule has 0 bridgehead atoms. The molecule has 164 valence electrons. The number of esters is 1. The van der Waals surface area contributed by atoms with E-state index in [1.807, 2.05) is 65.8 Å². The van der Waals surface area contributed by atoms with Crippen LogP contribution in [0.3, 0.4) is 0 Å². The van der Waals surface area contributed by atoms with Crippen LogP contribution in [0.4, 0.5) is 0 Å². The molecule has 0 aliphatic heterocycles. The van der Waals surface area contributed by atoms with Crippen molar-refractivity contribution < 1.29 is 19.1 Å². The zero-order chi connectivity index (χ0) is 23.5. The van der Waals surface area contributed by atoms with Gasteiger partial charge in [-0.25, -0.2) is 4.79 Å². The van der Waals surface area contributed by atoms with Gasteiger partial charge >= 0.3 is 5.97 Å². The van der Waals surface area contributed by atoms with Gasteiger partial charge in [0.15, 0.2) is 11.0 Å². The first-order valence-corrected chi connectivity index (χ1v) is 11.8. The molecule has 0 atom stereocenters. The lowest BCUT2D eigenvalue weighted by Crippen LogP contribution is -2.17. The van der Waals surface area contributed by atoms with E-state index in [9.17, 15) is 14.4 Å². The quantitative estimate of drug-likeness (QED) is 0.283. The van der Waals surface area contributed by atoms with Gasteiger partial charge in [-0.2, -0.15) is 0 Å². The van der Waals surface area contributed by atoms with Crippen molar-refractivity contribution in [1.82, 2.24) is 0 Å². The van der Waals surface area contributed by atoms with Gasteiger partial charge < -0.3 is 4.74 Å². The highest BCUT2D eigenvalue weighted by Crippen LogP contribution is 2.45. The summed E-state index contributed by atoms with van der Waals surface area (Å²) in [5.74, 6) is -0.514. The maximum absolute atomic E-state index is 13.7. The third kappa shape index (κ3) is 5.77. The molecule has 0 N–H and O–H groups in total. The van der Waals surface area contributed by atoms with Gasteiger partial charge in [-0.15, -0.1) is 0 Å². The van der Waals surface area contributed by atoms with Gasteiger partial charge in [-0.05, 0) is 70.7 Å². The summed E-state index contributed by atoms with van der Waals surface area (Å²) in [5.41, 5.74) is 6.73. The molecule has 31 heavy (non-hydrogen) atoms. The fraction of sp³-hybridized carbons (Fsp3) is 0.346. The van der Waals surface area contributed by atoms with Gasteiger partial charge in [0.05, 0.1) is 6.61 Å². The smallest absolute Gasteiger partial charge is 0.333 e. The minimum absolute atomic E-state index is 0.00277. The van der Waals surface area contributed by atoms with Gasteiger partial charge in [0.25, 0.3) is 0 Å². The zero-order valence-corrected chi connectivity index (χ0v) is 20.4. The highest BCUT2D eigenvalue weighted by molar-refractivity contribution is 7.90. The topological polar surface area (TPSA) is 60.4 Å². The van der Waals surface area contributed by atoms with Crippen molar-refractivity contribution in [2.24, 2.45) is 0 Å². The Balaban J connectivity index is 2.48. The Labute approximate surface area is 186 Å². The molecule has 2 aromatic carbocycles. The highest BCUT2D eigenvalue weighted by atomic mass is 31.1. The number of carbonyl (C=O) groups excluding carboxylic acids is 3. The number of hydrogen-bond donors (Lipinski definition) is 0. The lowest BCUT2D eigenvalue weighted by Gasteiger charge is -2.20. The van der Waals surface area contributed by atoms with Gasteiger partial charge in [0.2, 0.25) is 0 Å². The molecule has 0 saturated carbocycles. The molecule has 0 spiro atoms. The summed E-state index contributed by atoms with van der Waals surface area (Å²) < 4.78 is 5.24. The Hall–Kier alpha value is -2.58. The van der Waals surface area contributed by atoms with Crippen LogP contribution in [-0.4, -0.2) is 29.8 Å². The van der Waals surface area contributed by atoms with Gasteiger partial charge in [-0.3, -0.25) is 9.59 Å². The van der Waals surface area contributed by atoms with Crippen LogP contribution >= 0.6 is 7.92 Å². The maximum Gasteiger partial charge on any atom is 0.333 e. The lowest BCUT2D eigenvalue weighted by molar-refractivity contribution is -0.138. The number of benzene rings is 2. The fourth-order valence-electron chi connectivity index (χ4n) is 3.95. The molecular formula is C26H31O4P. The SMILES string of the molecule is C=C(C)C(=O)OCCP(C(=O)c1c(C)cc(C)cc1C)C(=O)c1c(C)cc(C)cc1C. The Bertz CT molecular complexity index is 950. The number of aryl methyl sites for hydroxylation is 6. The van der Waals surface area contributed by atoms with Gasteiger partial charge in [-0.1, -0.05) is 42.0 Å². The van der Waals surface area contributed by atoms with E-state index >= 15 is 0 Å². The van der Waals surface area contributed by atoms with E-state index in [0.29, 0.717) is 11.1 Å². The van der Waals surface area contributed by atoms with E-state index in [2.05, 4.69) is 6.58 Å². The van der Waals surface area contributed by atoms with Crippen molar-refractivity contribution in [3.63, 3.8) is 0 Å². The molecule has 0 aromatic heterocycles. The molecular weight excluding hydrogens is 407 g/mol. The second-order valence-electron chi connectivity index (χ2n) is 8.23. The molecule has 0 radical (unpaired) electrons. The van der Waals surface area contributed by atoms with E-state index < -0.39 is 13.9 Å². The molecule has 0 unspecified atom stereocenters. The fourth-order valence-corrected chi connectivity index (χ4v) is 6.06. The normalized spacial score (nSPS) is 10.8. The maximum atomic E-state index is 13.7. The Morgan fingerprint density at radius 3 is 1.45 bits per heavy atom. The summed E-state index contributed by atoms with van der Waals surface area (Å²) >= 11 is 0. The Morgan fingerprint density at radius 2 is 1.13 bits per heavy atom. The summed E-state index contributed by atoms with van der Waals surface area (Å²) in [7, 11) is -1.75. The second kappa shape index (κ2) is 10.2. The average Bonchev–Trinajstić information content (AvgIpc) is 2.62. The van der Waals surface area contributed by atoms with Crippen LogP contribution in [0.25, 0.3) is 0 Å². The molecule has 0 amide bonds. The minimum atomic E-state index is -1.75. The molecule has 0 aliphatic rings. The van der Waals surface area contributed by atoms with Crippen molar-refractivity contribution in [3.05, 3.63) is 80.9 Å². The molecule has 0 saturated heterocycles. The van der Waals surface area contributed by atoms with E-state index in [1.54, 1.807) is 6.92 Å². The summed E-state index contributed by atoms with van der Waals surface area (Å²) in [6.07, 6.45) is 0.186. The van der Waals surface area contributed by atoms with Crippen molar-refractivity contribution in [3.8, 4) is 0 Å². The summed E-state index contributed by atoms with van der Waals surface area (Å²) in [6.45, 7) is 16.7. The number of carbonyl (C=O) groups is 3. The monoisotopic (exact) mass is 438 g/mol. The molecule has 2 aromatic rings. The standard InChI is InChI=1S/C26H31O4P/c1-15(2)24(27)30-9-10-31(25(28)22-18(5)11-16(3)12-19(22)6)26(29)23-20(7)13-17(4)14-21(23)8/h11-14H,1,9-10H2,2-8H3. The van der Waals surface area contributed by atoms with Crippen LogP contribution in [0.15, 0.2) is 36.4 Å². The first-order chi connectivity index (χ1) is 14.4. The molecule has 4 nitrogen and oxygen atoms in total. The second-order valence-corrected chi connectivity index (χ2v) is 10.3.